The summed E-state index contributed by atoms with van der Waals surface area (Å²) in [6.07, 6.45) is 0. The average molecular weight is 619 g/mol. The Morgan fingerprint density at radius 2 is 0.933 bits per heavy atom. The third-order valence-corrected chi connectivity index (χ3v) is 6.95. The largest absolute Gasteiger partial charge is 0.507 e. The Hall–Kier alpha value is -5.78. The number of phenolic OH excluding ortho intramolecular Hbond substituents is 1. The normalized spacial score (nSPS) is 12.0. The number of rotatable bonds is 9. The zero-order valence-electron chi connectivity index (χ0n) is 25.1. The average Bonchev–Trinajstić information content (AvgIpc) is 3.75. The smallest absolute Gasteiger partial charge is 0.231 e. The maximum absolute atomic E-state index is 12.9. The summed E-state index contributed by atoms with van der Waals surface area (Å²) in [6, 6.07) is 16.1. The van der Waals surface area contributed by atoms with Gasteiger partial charge in [0.2, 0.25) is 25.2 Å². The van der Waals surface area contributed by atoms with Gasteiger partial charge in [-0.15, -0.1) is 0 Å². The van der Waals surface area contributed by atoms with Crippen molar-refractivity contribution < 1.29 is 57.3 Å². The maximum atomic E-state index is 12.9. The van der Waals surface area contributed by atoms with E-state index in [0.717, 1.165) is 0 Å². The summed E-state index contributed by atoms with van der Waals surface area (Å²) >= 11 is 0. The molecular weight excluding hydrogens is 588 g/mol. The van der Waals surface area contributed by atoms with Gasteiger partial charge in [-0.25, -0.2) is 0 Å². The molecule has 0 spiro atoms. The second-order valence-corrected chi connectivity index (χ2v) is 9.43. The first-order chi connectivity index (χ1) is 21.8. The molecule has 0 saturated carbocycles. The second kappa shape index (κ2) is 13.2. The molecule has 0 bridgehead atoms. The van der Waals surface area contributed by atoms with E-state index in [1.165, 1.54) is 41.6 Å². The molecule has 6 rings (SSSR count). The van der Waals surface area contributed by atoms with Crippen LogP contribution in [-0.4, -0.2) is 65.8 Å². The summed E-state index contributed by atoms with van der Waals surface area (Å²) in [7, 11) is 7.40. The molecule has 0 saturated heterocycles. The van der Waals surface area contributed by atoms with Crippen LogP contribution in [0.2, 0.25) is 0 Å². The Labute approximate surface area is 258 Å². The minimum atomic E-state index is -0.379. The molecule has 0 aromatic heterocycles. The number of fused-ring (bicyclic) bond motifs is 2. The van der Waals surface area contributed by atoms with Gasteiger partial charge in [0.1, 0.15) is 45.6 Å². The molecule has 45 heavy (non-hydrogen) atoms. The number of phenols is 1. The highest BCUT2D eigenvalue weighted by atomic mass is 16.7. The van der Waals surface area contributed by atoms with Gasteiger partial charge >= 0.3 is 0 Å². The van der Waals surface area contributed by atoms with Crippen molar-refractivity contribution in [2.75, 3.05) is 49.1 Å². The Balaban J connectivity index is 0.000000178. The van der Waals surface area contributed by atoms with Crippen LogP contribution in [0.4, 0.5) is 0 Å². The number of ketones is 2. The van der Waals surface area contributed by atoms with Crippen LogP contribution in [0.15, 0.2) is 60.7 Å². The predicted molar refractivity (Wildman–Crippen MR) is 159 cm³/mol. The van der Waals surface area contributed by atoms with Crippen molar-refractivity contribution in [1.82, 2.24) is 0 Å². The van der Waals surface area contributed by atoms with Crippen molar-refractivity contribution in [2.45, 2.75) is 0 Å². The molecule has 2 aliphatic rings. The summed E-state index contributed by atoms with van der Waals surface area (Å²) in [5.74, 6) is 3.36. The quantitative estimate of drug-likeness (QED) is 0.252. The Morgan fingerprint density at radius 1 is 0.533 bits per heavy atom. The molecule has 2 heterocycles. The van der Waals surface area contributed by atoms with Crippen molar-refractivity contribution >= 4 is 11.6 Å². The third-order valence-electron chi connectivity index (χ3n) is 6.95. The minimum Gasteiger partial charge on any atom is -0.507 e. The number of ether oxygens (including phenoxy) is 9. The van der Waals surface area contributed by atoms with Crippen LogP contribution in [0.25, 0.3) is 0 Å². The lowest BCUT2D eigenvalue weighted by Crippen LogP contribution is -2.07. The lowest BCUT2D eigenvalue weighted by molar-refractivity contribution is 0.102. The van der Waals surface area contributed by atoms with Crippen molar-refractivity contribution in [3.63, 3.8) is 0 Å². The second-order valence-electron chi connectivity index (χ2n) is 9.43. The van der Waals surface area contributed by atoms with Gasteiger partial charge in [0.05, 0.1) is 35.5 Å². The fraction of sp³-hybridized carbons (Fsp3) is 0.212. The fourth-order valence-corrected chi connectivity index (χ4v) is 4.68. The van der Waals surface area contributed by atoms with Gasteiger partial charge in [0, 0.05) is 35.4 Å². The van der Waals surface area contributed by atoms with Crippen LogP contribution in [-0.2, 0) is 0 Å². The van der Waals surface area contributed by atoms with E-state index < -0.39 is 0 Å². The van der Waals surface area contributed by atoms with E-state index in [2.05, 4.69) is 0 Å². The maximum Gasteiger partial charge on any atom is 0.231 e. The molecule has 12 heteroatoms. The monoisotopic (exact) mass is 618 g/mol. The first-order valence-electron chi connectivity index (χ1n) is 13.5. The van der Waals surface area contributed by atoms with Crippen molar-refractivity contribution in [3.05, 3.63) is 82.9 Å². The van der Waals surface area contributed by atoms with Gasteiger partial charge in [0.25, 0.3) is 0 Å². The number of hydrogen-bond acceptors (Lipinski definition) is 12. The molecule has 12 nitrogen and oxygen atoms in total. The highest BCUT2D eigenvalue weighted by Crippen LogP contribution is 2.39. The highest BCUT2D eigenvalue weighted by Gasteiger charge is 2.25. The number of hydrogen-bond donors (Lipinski definition) is 1. The highest BCUT2D eigenvalue weighted by molar-refractivity contribution is 6.13. The van der Waals surface area contributed by atoms with E-state index in [4.69, 9.17) is 42.6 Å². The Kier molecular flexibility index (Phi) is 9.03. The topological polar surface area (TPSA) is 137 Å². The number of carbonyl (C=O) groups is 2. The summed E-state index contributed by atoms with van der Waals surface area (Å²) in [6.45, 7) is 0.284. The molecule has 0 radical (unpaired) electrons. The molecule has 4 aromatic carbocycles. The first-order valence-corrected chi connectivity index (χ1v) is 13.5. The molecule has 0 aliphatic carbocycles. The summed E-state index contributed by atoms with van der Waals surface area (Å²) in [4.78, 5) is 25.6. The van der Waals surface area contributed by atoms with Crippen molar-refractivity contribution in [1.29, 1.82) is 0 Å². The van der Waals surface area contributed by atoms with Crippen LogP contribution >= 0.6 is 0 Å². The van der Waals surface area contributed by atoms with E-state index in [1.54, 1.807) is 54.6 Å². The van der Waals surface area contributed by atoms with E-state index in [9.17, 15) is 14.7 Å². The fourth-order valence-electron chi connectivity index (χ4n) is 4.68. The van der Waals surface area contributed by atoms with Crippen LogP contribution in [0.3, 0.4) is 0 Å². The van der Waals surface area contributed by atoms with Gasteiger partial charge < -0.3 is 47.7 Å². The van der Waals surface area contributed by atoms with E-state index in [-0.39, 0.29) is 42.2 Å². The molecule has 0 amide bonds. The standard InChI is InChI=1S/C17H16O6.C16H14O6/c1-19-11-7-14(20-2)16(15(8-11)21-3)17(18)10-4-5-12-13(6-10)23-9-22-12;1-19-10-6-11(17)15(14(7-10)20-2)16(18)9-3-4-12-13(5-9)22-8-21-12/h4-8H,9H2,1-3H3;3-7,17H,8H2,1-2H3. The van der Waals surface area contributed by atoms with Gasteiger partial charge in [-0.3, -0.25) is 9.59 Å². The molecule has 0 atom stereocenters. The van der Waals surface area contributed by atoms with Crippen LogP contribution in [0.1, 0.15) is 31.8 Å². The lowest BCUT2D eigenvalue weighted by atomic mass is 10.0. The molecule has 234 valence electrons. The van der Waals surface area contributed by atoms with Crippen LogP contribution in [0, 0.1) is 0 Å². The van der Waals surface area contributed by atoms with E-state index in [0.29, 0.717) is 62.7 Å². The van der Waals surface area contributed by atoms with Crippen molar-refractivity contribution in [2.24, 2.45) is 0 Å². The first kappa shape index (κ1) is 30.7. The number of aromatic hydroxyl groups is 1. The number of methoxy groups -OCH3 is 5. The number of benzene rings is 4. The lowest BCUT2D eigenvalue weighted by Gasteiger charge is -2.14. The molecule has 2 aliphatic heterocycles. The molecule has 0 fully saturated rings. The summed E-state index contributed by atoms with van der Waals surface area (Å²) in [5.41, 5.74) is 1.22. The number of carbonyl (C=O) groups excluding carboxylic acids is 2. The van der Waals surface area contributed by atoms with Gasteiger partial charge in [-0.1, -0.05) is 0 Å². The van der Waals surface area contributed by atoms with Gasteiger partial charge in [-0.05, 0) is 36.4 Å². The molecular formula is C33H30O12. The van der Waals surface area contributed by atoms with Crippen LogP contribution < -0.4 is 42.6 Å². The van der Waals surface area contributed by atoms with Gasteiger partial charge in [0.15, 0.2) is 23.0 Å². The van der Waals surface area contributed by atoms with Crippen molar-refractivity contribution in [3.8, 4) is 57.5 Å². The van der Waals surface area contributed by atoms with E-state index in [1.807, 2.05) is 0 Å². The molecule has 4 aromatic rings. The SMILES string of the molecule is COc1cc(O)c(C(=O)c2ccc3c(c2)OCO3)c(OC)c1.COc1cc(OC)c(C(=O)c2ccc3c(c2)OCO3)c(OC)c1. The zero-order chi connectivity index (χ0) is 32.1. The van der Waals surface area contributed by atoms with Gasteiger partial charge in [-0.2, -0.15) is 0 Å². The van der Waals surface area contributed by atoms with E-state index >= 15 is 0 Å². The minimum absolute atomic E-state index is 0.0714. The third kappa shape index (κ3) is 6.16. The summed E-state index contributed by atoms with van der Waals surface area (Å²) in [5, 5.41) is 10.1. The zero-order valence-corrected chi connectivity index (χ0v) is 25.1. The molecule has 0 unspecified atom stereocenters. The summed E-state index contributed by atoms with van der Waals surface area (Å²) < 4.78 is 47.1. The Bertz CT molecular complexity index is 1720. The van der Waals surface area contributed by atoms with Crippen LogP contribution in [0.5, 0.6) is 57.5 Å². The Morgan fingerprint density at radius 3 is 1.38 bits per heavy atom. The predicted octanol–water partition coefficient (Wildman–Crippen LogP) is 5.04. The molecule has 1 N–H and O–H groups in total.